The number of benzene rings is 4. The summed E-state index contributed by atoms with van der Waals surface area (Å²) in [5.41, 5.74) is 7.63. The van der Waals surface area contributed by atoms with Gasteiger partial charge in [-0.2, -0.15) is 0 Å². The van der Waals surface area contributed by atoms with Crippen LogP contribution < -0.4 is 5.73 Å². The van der Waals surface area contributed by atoms with E-state index in [1.807, 2.05) is 0 Å². The maximum Gasteiger partial charge on any atom is 0.0387 e. The van der Waals surface area contributed by atoms with Crippen molar-refractivity contribution >= 4 is 32.3 Å². The summed E-state index contributed by atoms with van der Waals surface area (Å²) in [7, 11) is 0. The highest BCUT2D eigenvalue weighted by molar-refractivity contribution is 6.23. The fourth-order valence-corrected chi connectivity index (χ4v) is 3.89. The minimum Gasteiger partial charge on any atom is -0.322 e. The molecule has 1 nitrogen and oxygen atoms in total. The minimum atomic E-state index is -0.281. The Kier molecular flexibility index (Phi) is 2.88. The van der Waals surface area contributed by atoms with Gasteiger partial charge < -0.3 is 5.73 Å². The van der Waals surface area contributed by atoms with Gasteiger partial charge in [0, 0.05) is 5.54 Å². The molecular weight excluding hydrogens is 266 g/mol. The second-order valence-corrected chi connectivity index (χ2v) is 6.64. The van der Waals surface area contributed by atoms with E-state index in [1.165, 1.54) is 37.9 Å². The first-order chi connectivity index (χ1) is 10.6. The Bertz CT molecular complexity index is 950. The zero-order valence-electron chi connectivity index (χ0n) is 13.2. The normalized spacial score (nSPS) is 14.9. The van der Waals surface area contributed by atoms with E-state index < -0.39 is 0 Å². The van der Waals surface area contributed by atoms with Crippen LogP contribution in [0.2, 0.25) is 0 Å². The highest BCUT2D eigenvalue weighted by Crippen LogP contribution is 2.39. The van der Waals surface area contributed by atoms with Crippen molar-refractivity contribution < 1.29 is 0 Å². The van der Waals surface area contributed by atoms with Gasteiger partial charge >= 0.3 is 0 Å². The summed E-state index contributed by atoms with van der Waals surface area (Å²) in [6, 6.07) is 19.9. The fraction of sp³-hybridized carbons (Fsp3) is 0.238. The van der Waals surface area contributed by atoms with Gasteiger partial charge in [-0.3, -0.25) is 0 Å². The second-order valence-electron chi connectivity index (χ2n) is 6.64. The van der Waals surface area contributed by atoms with Crippen LogP contribution >= 0.6 is 0 Å². The number of hydrogen-bond acceptors (Lipinski definition) is 1. The molecule has 1 unspecified atom stereocenters. The van der Waals surface area contributed by atoms with Gasteiger partial charge in [0.15, 0.2) is 0 Å². The molecule has 0 amide bonds. The van der Waals surface area contributed by atoms with Gasteiger partial charge in [0.25, 0.3) is 0 Å². The molecule has 0 fully saturated rings. The first kappa shape index (κ1) is 13.5. The van der Waals surface area contributed by atoms with Crippen molar-refractivity contribution in [3.8, 4) is 0 Å². The minimum absolute atomic E-state index is 0.281. The Morgan fingerprint density at radius 3 is 2.09 bits per heavy atom. The van der Waals surface area contributed by atoms with Crippen molar-refractivity contribution in [2.45, 2.75) is 32.2 Å². The van der Waals surface area contributed by atoms with E-state index in [2.05, 4.69) is 68.4 Å². The molecule has 0 saturated carbocycles. The molecule has 0 saturated heterocycles. The molecule has 4 aromatic rings. The van der Waals surface area contributed by atoms with Crippen molar-refractivity contribution in [3.05, 3.63) is 60.2 Å². The third kappa shape index (κ3) is 1.82. The van der Waals surface area contributed by atoms with Crippen LogP contribution in [0.3, 0.4) is 0 Å². The molecule has 22 heavy (non-hydrogen) atoms. The van der Waals surface area contributed by atoms with Crippen molar-refractivity contribution in [2.75, 3.05) is 0 Å². The fourth-order valence-electron chi connectivity index (χ4n) is 3.89. The van der Waals surface area contributed by atoms with Crippen molar-refractivity contribution in [2.24, 2.45) is 5.73 Å². The van der Waals surface area contributed by atoms with Crippen LogP contribution in [0.5, 0.6) is 0 Å². The summed E-state index contributed by atoms with van der Waals surface area (Å²) in [4.78, 5) is 0. The van der Waals surface area contributed by atoms with Crippen molar-refractivity contribution in [1.29, 1.82) is 0 Å². The van der Waals surface area contributed by atoms with Crippen LogP contribution in [0.25, 0.3) is 32.3 Å². The molecular formula is C21H21N. The van der Waals surface area contributed by atoms with Crippen LogP contribution in [0.15, 0.2) is 54.6 Å². The molecule has 4 rings (SSSR count). The lowest BCUT2D eigenvalue weighted by Gasteiger charge is -2.27. The van der Waals surface area contributed by atoms with E-state index in [0.717, 1.165) is 12.8 Å². The Balaban J connectivity index is 2.17. The summed E-state index contributed by atoms with van der Waals surface area (Å²) in [5, 5.41) is 7.95. The van der Waals surface area contributed by atoms with Crippen LogP contribution in [0, 0.1) is 0 Å². The molecule has 0 bridgehead atoms. The molecule has 1 atom stereocenters. The van der Waals surface area contributed by atoms with Gasteiger partial charge in [-0.1, -0.05) is 67.9 Å². The van der Waals surface area contributed by atoms with E-state index in [4.69, 9.17) is 5.73 Å². The lowest BCUT2D eigenvalue weighted by Crippen LogP contribution is -2.32. The first-order valence-electron chi connectivity index (χ1n) is 8.08. The Hall–Kier alpha value is -2.12. The van der Waals surface area contributed by atoms with Crippen LogP contribution in [-0.2, 0) is 5.54 Å². The molecule has 0 aliphatic heterocycles. The monoisotopic (exact) mass is 287 g/mol. The topological polar surface area (TPSA) is 26.0 Å². The number of nitrogens with two attached hydrogens (primary N) is 1. The smallest absolute Gasteiger partial charge is 0.0387 e. The zero-order chi connectivity index (χ0) is 15.3. The molecule has 4 aromatic carbocycles. The van der Waals surface area contributed by atoms with Crippen molar-refractivity contribution in [1.82, 2.24) is 0 Å². The van der Waals surface area contributed by atoms with Gasteiger partial charge in [-0.05, 0) is 51.2 Å². The van der Waals surface area contributed by atoms with Gasteiger partial charge in [0.1, 0.15) is 0 Å². The number of hydrogen-bond donors (Lipinski definition) is 1. The first-order valence-corrected chi connectivity index (χ1v) is 8.08. The lowest BCUT2D eigenvalue weighted by molar-refractivity contribution is 0.450. The Morgan fingerprint density at radius 1 is 0.818 bits per heavy atom. The third-order valence-corrected chi connectivity index (χ3v) is 4.91. The summed E-state index contributed by atoms with van der Waals surface area (Å²) in [6.45, 7) is 4.35. The zero-order valence-corrected chi connectivity index (χ0v) is 13.2. The third-order valence-electron chi connectivity index (χ3n) is 4.91. The van der Waals surface area contributed by atoms with E-state index in [-0.39, 0.29) is 5.54 Å². The Labute approximate surface area is 131 Å². The molecule has 110 valence electrons. The number of rotatable bonds is 3. The summed E-state index contributed by atoms with van der Waals surface area (Å²) in [6.07, 6.45) is 2.09. The molecule has 1 heteroatoms. The predicted molar refractivity (Wildman–Crippen MR) is 96.6 cm³/mol. The van der Waals surface area contributed by atoms with E-state index in [9.17, 15) is 0 Å². The SMILES string of the molecule is CCCC(C)(N)c1ccc2ccc3cccc4ccc1c2c34. The molecule has 0 heterocycles. The average molecular weight is 287 g/mol. The van der Waals surface area contributed by atoms with Gasteiger partial charge in [-0.25, -0.2) is 0 Å². The van der Waals surface area contributed by atoms with Gasteiger partial charge in [-0.15, -0.1) is 0 Å². The molecule has 0 aliphatic rings. The van der Waals surface area contributed by atoms with Gasteiger partial charge in [0.2, 0.25) is 0 Å². The van der Waals surface area contributed by atoms with E-state index in [0.29, 0.717) is 0 Å². The summed E-state index contributed by atoms with van der Waals surface area (Å²) in [5.74, 6) is 0. The summed E-state index contributed by atoms with van der Waals surface area (Å²) < 4.78 is 0. The maximum absolute atomic E-state index is 6.65. The van der Waals surface area contributed by atoms with E-state index >= 15 is 0 Å². The van der Waals surface area contributed by atoms with Crippen molar-refractivity contribution in [3.63, 3.8) is 0 Å². The molecule has 0 radical (unpaired) electrons. The predicted octanol–water partition coefficient (Wildman–Crippen LogP) is 5.56. The molecule has 0 aliphatic carbocycles. The standard InChI is InChI=1S/C21H21N/c1-3-13-21(2,22)18-12-10-16-8-7-14-5-4-6-15-9-11-17(18)20(16)19(14)15/h4-12H,3,13,22H2,1-2H3. The van der Waals surface area contributed by atoms with Gasteiger partial charge in [0.05, 0.1) is 0 Å². The van der Waals surface area contributed by atoms with E-state index in [1.54, 1.807) is 0 Å². The lowest BCUT2D eigenvalue weighted by atomic mass is 9.82. The van der Waals surface area contributed by atoms with Crippen LogP contribution in [0.1, 0.15) is 32.3 Å². The highest BCUT2D eigenvalue weighted by atomic mass is 14.7. The summed E-state index contributed by atoms with van der Waals surface area (Å²) >= 11 is 0. The Morgan fingerprint density at radius 2 is 1.41 bits per heavy atom. The maximum atomic E-state index is 6.65. The molecule has 2 N–H and O–H groups in total. The quantitative estimate of drug-likeness (QED) is 0.491. The molecule has 0 aromatic heterocycles. The highest BCUT2D eigenvalue weighted by Gasteiger charge is 2.23. The van der Waals surface area contributed by atoms with Crippen LogP contribution in [-0.4, -0.2) is 0 Å². The molecule has 0 spiro atoms. The largest absolute Gasteiger partial charge is 0.322 e. The van der Waals surface area contributed by atoms with Crippen LogP contribution in [0.4, 0.5) is 0 Å². The second kappa shape index (κ2) is 4.69. The average Bonchev–Trinajstić information content (AvgIpc) is 2.52.